The molecule has 3 atom stereocenters. The lowest BCUT2D eigenvalue weighted by atomic mass is 9.99. The zero-order valence-corrected chi connectivity index (χ0v) is 10.3. The fourth-order valence-electron chi connectivity index (χ4n) is 2.25. The van der Waals surface area contributed by atoms with Gasteiger partial charge in [0.2, 0.25) is 0 Å². The first kappa shape index (κ1) is 12.0. The van der Waals surface area contributed by atoms with Gasteiger partial charge in [-0.25, -0.2) is 0 Å². The molecular weight excluding hydrogens is 170 g/mol. The van der Waals surface area contributed by atoms with Crippen LogP contribution in [0.15, 0.2) is 0 Å². The minimum absolute atomic E-state index is 0.693. The summed E-state index contributed by atoms with van der Waals surface area (Å²) in [6, 6.07) is 1.42. The normalized spacial score (nSPS) is 23.1. The molecule has 14 heavy (non-hydrogen) atoms. The number of hydrogen-bond donors (Lipinski definition) is 1. The van der Waals surface area contributed by atoms with Crippen molar-refractivity contribution in [1.29, 1.82) is 0 Å². The maximum absolute atomic E-state index is 3.72. The average molecular weight is 197 g/mol. The molecule has 1 saturated carbocycles. The topological polar surface area (TPSA) is 12.0 Å². The van der Waals surface area contributed by atoms with E-state index >= 15 is 0 Å². The highest BCUT2D eigenvalue weighted by atomic mass is 14.9. The zero-order chi connectivity index (χ0) is 10.6. The maximum atomic E-state index is 3.72. The Morgan fingerprint density at radius 1 is 1.14 bits per heavy atom. The molecule has 0 aromatic carbocycles. The summed E-state index contributed by atoms with van der Waals surface area (Å²) in [7, 11) is 0. The largest absolute Gasteiger partial charge is 0.312 e. The maximum Gasteiger partial charge on any atom is 0.00438 e. The van der Waals surface area contributed by atoms with Crippen LogP contribution in [0.5, 0.6) is 0 Å². The Morgan fingerprint density at radius 3 is 2.29 bits per heavy atom. The van der Waals surface area contributed by atoms with Gasteiger partial charge in [0.1, 0.15) is 0 Å². The summed E-state index contributed by atoms with van der Waals surface area (Å²) >= 11 is 0. The van der Waals surface area contributed by atoms with Crippen LogP contribution in [-0.2, 0) is 0 Å². The summed E-state index contributed by atoms with van der Waals surface area (Å²) in [5.41, 5.74) is 0. The molecule has 1 aliphatic carbocycles. The van der Waals surface area contributed by atoms with Gasteiger partial charge < -0.3 is 5.32 Å². The van der Waals surface area contributed by atoms with Crippen molar-refractivity contribution in [2.75, 3.05) is 0 Å². The van der Waals surface area contributed by atoms with Crippen molar-refractivity contribution in [3.63, 3.8) is 0 Å². The van der Waals surface area contributed by atoms with Crippen LogP contribution in [0.3, 0.4) is 0 Å². The minimum atomic E-state index is 0.693. The first-order valence-electron chi connectivity index (χ1n) is 6.37. The first-order chi connectivity index (χ1) is 6.61. The van der Waals surface area contributed by atoms with Crippen LogP contribution >= 0.6 is 0 Å². The Hall–Kier alpha value is -0.0400. The molecule has 1 heteroatoms. The highest BCUT2D eigenvalue weighted by Crippen LogP contribution is 2.33. The van der Waals surface area contributed by atoms with Gasteiger partial charge in [0.25, 0.3) is 0 Å². The molecule has 0 amide bonds. The summed E-state index contributed by atoms with van der Waals surface area (Å²) < 4.78 is 0. The van der Waals surface area contributed by atoms with Crippen LogP contribution in [0.2, 0.25) is 0 Å². The van der Waals surface area contributed by atoms with E-state index in [1.54, 1.807) is 0 Å². The quantitative estimate of drug-likeness (QED) is 0.657. The Labute approximate surface area is 89.7 Å². The molecule has 0 heterocycles. The number of nitrogens with one attached hydrogen (secondary N) is 1. The Bertz CT molecular complexity index is 151. The number of rotatable bonds is 7. The second-order valence-electron chi connectivity index (χ2n) is 5.40. The average Bonchev–Trinajstić information content (AvgIpc) is 2.87. The fraction of sp³-hybridized carbons (Fsp3) is 1.00. The molecule has 0 radical (unpaired) electrons. The molecule has 1 aliphatic rings. The van der Waals surface area contributed by atoms with Crippen LogP contribution < -0.4 is 5.32 Å². The second-order valence-corrected chi connectivity index (χ2v) is 5.40. The Morgan fingerprint density at radius 2 is 1.79 bits per heavy atom. The predicted octanol–water partition coefficient (Wildman–Crippen LogP) is 3.59. The van der Waals surface area contributed by atoms with Crippen molar-refractivity contribution in [2.45, 2.75) is 71.9 Å². The molecule has 3 unspecified atom stereocenters. The summed E-state index contributed by atoms with van der Waals surface area (Å²) in [5.74, 6) is 1.92. The summed E-state index contributed by atoms with van der Waals surface area (Å²) in [6.45, 7) is 9.30. The summed E-state index contributed by atoms with van der Waals surface area (Å²) in [5, 5.41) is 3.72. The van der Waals surface area contributed by atoms with E-state index in [1.807, 2.05) is 0 Å². The van der Waals surface area contributed by atoms with Gasteiger partial charge >= 0.3 is 0 Å². The van der Waals surface area contributed by atoms with Gasteiger partial charge in [-0.05, 0) is 38.5 Å². The lowest BCUT2D eigenvalue weighted by Crippen LogP contribution is -2.35. The molecular formula is C13H27N. The van der Waals surface area contributed by atoms with E-state index in [4.69, 9.17) is 0 Å². The molecule has 84 valence electrons. The van der Waals surface area contributed by atoms with Crippen molar-refractivity contribution >= 4 is 0 Å². The highest BCUT2D eigenvalue weighted by molar-refractivity contribution is 4.79. The third kappa shape index (κ3) is 4.99. The van der Waals surface area contributed by atoms with E-state index in [-0.39, 0.29) is 0 Å². The summed E-state index contributed by atoms with van der Waals surface area (Å²) in [4.78, 5) is 0. The monoisotopic (exact) mass is 197 g/mol. The van der Waals surface area contributed by atoms with Gasteiger partial charge in [-0.2, -0.15) is 0 Å². The van der Waals surface area contributed by atoms with Gasteiger partial charge in [-0.3, -0.25) is 0 Å². The molecule has 0 bridgehead atoms. The van der Waals surface area contributed by atoms with Gasteiger partial charge in [0.05, 0.1) is 0 Å². The molecule has 0 spiro atoms. The van der Waals surface area contributed by atoms with Gasteiger partial charge in [0, 0.05) is 12.1 Å². The molecule has 0 saturated heterocycles. The van der Waals surface area contributed by atoms with Crippen molar-refractivity contribution in [3.05, 3.63) is 0 Å². The third-order valence-electron chi connectivity index (χ3n) is 3.41. The first-order valence-corrected chi connectivity index (χ1v) is 6.37. The molecule has 1 fully saturated rings. The van der Waals surface area contributed by atoms with E-state index < -0.39 is 0 Å². The van der Waals surface area contributed by atoms with E-state index in [1.165, 1.54) is 32.1 Å². The molecule has 0 aromatic heterocycles. The second kappa shape index (κ2) is 5.75. The molecule has 0 aromatic rings. The van der Waals surface area contributed by atoms with E-state index in [9.17, 15) is 0 Å². The van der Waals surface area contributed by atoms with Crippen molar-refractivity contribution in [2.24, 2.45) is 11.8 Å². The SMILES string of the molecule is CCC(C)CC(C)NC(C)CC1CC1. The molecule has 1 rings (SSSR count). The van der Waals surface area contributed by atoms with Crippen LogP contribution in [-0.4, -0.2) is 12.1 Å². The molecule has 0 aliphatic heterocycles. The smallest absolute Gasteiger partial charge is 0.00438 e. The summed E-state index contributed by atoms with van der Waals surface area (Å²) in [6.07, 6.45) is 6.98. The lowest BCUT2D eigenvalue weighted by Gasteiger charge is -2.22. The van der Waals surface area contributed by atoms with Crippen molar-refractivity contribution in [1.82, 2.24) is 5.32 Å². The van der Waals surface area contributed by atoms with E-state index in [0.717, 1.165) is 17.9 Å². The molecule has 1 N–H and O–H groups in total. The van der Waals surface area contributed by atoms with Crippen LogP contribution in [0.25, 0.3) is 0 Å². The number of hydrogen-bond acceptors (Lipinski definition) is 1. The van der Waals surface area contributed by atoms with E-state index in [0.29, 0.717) is 6.04 Å². The predicted molar refractivity (Wildman–Crippen MR) is 63.5 cm³/mol. The van der Waals surface area contributed by atoms with Crippen molar-refractivity contribution < 1.29 is 0 Å². The van der Waals surface area contributed by atoms with Crippen LogP contribution in [0, 0.1) is 11.8 Å². The third-order valence-corrected chi connectivity index (χ3v) is 3.41. The van der Waals surface area contributed by atoms with Gasteiger partial charge in [0.15, 0.2) is 0 Å². The Balaban J connectivity index is 2.07. The standard InChI is InChI=1S/C13H27N/c1-5-10(2)8-11(3)14-12(4)9-13-6-7-13/h10-14H,5-9H2,1-4H3. The fourth-order valence-corrected chi connectivity index (χ4v) is 2.25. The Kier molecular flexibility index (Phi) is 4.94. The lowest BCUT2D eigenvalue weighted by molar-refractivity contribution is 0.366. The van der Waals surface area contributed by atoms with E-state index in [2.05, 4.69) is 33.0 Å². The molecule has 1 nitrogen and oxygen atoms in total. The van der Waals surface area contributed by atoms with Crippen LogP contribution in [0.4, 0.5) is 0 Å². The van der Waals surface area contributed by atoms with Crippen molar-refractivity contribution in [3.8, 4) is 0 Å². The highest BCUT2D eigenvalue weighted by Gasteiger charge is 2.24. The van der Waals surface area contributed by atoms with Gasteiger partial charge in [-0.1, -0.05) is 33.1 Å². The van der Waals surface area contributed by atoms with Gasteiger partial charge in [-0.15, -0.1) is 0 Å². The minimum Gasteiger partial charge on any atom is -0.312 e. The van der Waals surface area contributed by atoms with Crippen LogP contribution in [0.1, 0.15) is 59.8 Å². The zero-order valence-electron chi connectivity index (χ0n) is 10.3.